The van der Waals surface area contributed by atoms with Crippen LogP contribution >= 0.6 is 0 Å². The molecule has 0 radical (unpaired) electrons. The van der Waals surface area contributed by atoms with Crippen molar-refractivity contribution in [3.8, 4) is 0 Å². The van der Waals surface area contributed by atoms with Gasteiger partial charge in [0.15, 0.2) is 0 Å². The highest BCUT2D eigenvalue weighted by Crippen LogP contribution is 2.29. The molecule has 78 valence electrons. The van der Waals surface area contributed by atoms with Crippen LogP contribution in [0.2, 0.25) is 0 Å². The van der Waals surface area contributed by atoms with Gasteiger partial charge >= 0.3 is 5.97 Å². The summed E-state index contributed by atoms with van der Waals surface area (Å²) in [5.74, 6) is -0.956. The maximum absolute atomic E-state index is 11.5. The van der Waals surface area contributed by atoms with Gasteiger partial charge in [0.25, 0.3) is 0 Å². The van der Waals surface area contributed by atoms with Crippen molar-refractivity contribution in [2.24, 2.45) is 5.92 Å². The van der Waals surface area contributed by atoms with E-state index in [0.717, 1.165) is 25.7 Å². The van der Waals surface area contributed by atoms with E-state index in [-0.39, 0.29) is 11.8 Å². The number of carbonyl (C=O) groups is 2. The summed E-state index contributed by atoms with van der Waals surface area (Å²) in [6.45, 7) is 0.429. The van der Waals surface area contributed by atoms with Gasteiger partial charge in [-0.15, -0.1) is 0 Å². The minimum Gasteiger partial charge on any atom is -0.481 e. The Morgan fingerprint density at radius 1 is 1.36 bits per heavy atom. The maximum atomic E-state index is 11.5. The average Bonchev–Trinajstić information content (AvgIpc) is 2.18. The number of carbonyl (C=O) groups excluding carboxylic acids is 1. The van der Waals surface area contributed by atoms with E-state index < -0.39 is 5.97 Å². The number of carboxylic acids is 1. The zero-order valence-electron chi connectivity index (χ0n) is 8.11. The number of fused-ring (bicyclic) bond motifs is 1. The zero-order valence-corrected chi connectivity index (χ0v) is 8.11. The lowest BCUT2D eigenvalue weighted by molar-refractivity contribution is -0.149. The minimum absolute atomic E-state index is 0.146. The summed E-state index contributed by atoms with van der Waals surface area (Å²) in [5, 5.41) is 8.88. The van der Waals surface area contributed by atoms with E-state index in [2.05, 4.69) is 0 Å². The molecule has 1 N–H and O–H groups in total. The first kappa shape index (κ1) is 9.49. The molecule has 0 aromatic heterocycles. The molecular weight excluding hydrogens is 182 g/mol. The second-order valence-corrected chi connectivity index (χ2v) is 4.20. The summed E-state index contributed by atoms with van der Waals surface area (Å²) in [7, 11) is 0. The van der Waals surface area contributed by atoms with Gasteiger partial charge in [0.1, 0.15) is 0 Å². The Labute approximate surface area is 82.9 Å². The molecule has 2 saturated heterocycles. The Kier molecular flexibility index (Phi) is 2.44. The van der Waals surface area contributed by atoms with Gasteiger partial charge in [-0.1, -0.05) is 0 Å². The molecule has 0 spiro atoms. The third-order valence-corrected chi connectivity index (χ3v) is 3.30. The second-order valence-electron chi connectivity index (χ2n) is 4.20. The predicted molar refractivity (Wildman–Crippen MR) is 49.7 cm³/mol. The molecule has 0 saturated carbocycles. The van der Waals surface area contributed by atoms with E-state index in [1.165, 1.54) is 0 Å². The number of nitrogens with zero attached hydrogens (tertiary/aromatic N) is 1. The van der Waals surface area contributed by atoms with Crippen molar-refractivity contribution >= 4 is 11.9 Å². The van der Waals surface area contributed by atoms with Crippen molar-refractivity contribution in [1.82, 2.24) is 4.90 Å². The van der Waals surface area contributed by atoms with E-state index in [1.54, 1.807) is 4.90 Å². The molecule has 0 unspecified atom stereocenters. The first-order valence-electron chi connectivity index (χ1n) is 5.21. The van der Waals surface area contributed by atoms with Gasteiger partial charge in [0.05, 0.1) is 5.92 Å². The fourth-order valence-corrected chi connectivity index (χ4v) is 2.47. The van der Waals surface area contributed by atoms with Gasteiger partial charge in [-0.25, -0.2) is 0 Å². The van der Waals surface area contributed by atoms with Crippen LogP contribution in [0.3, 0.4) is 0 Å². The van der Waals surface area contributed by atoms with Crippen LogP contribution < -0.4 is 0 Å². The number of piperidine rings is 2. The van der Waals surface area contributed by atoms with Crippen molar-refractivity contribution in [2.45, 2.75) is 38.1 Å². The van der Waals surface area contributed by atoms with E-state index in [0.29, 0.717) is 19.0 Å². The lowest BCUT2D eigenvalue weighted by Gasteiger charge is -2.41. The van der Waals surface area contributed by atoms with Crippen LogP contribution in [0.1, 0.15) is 32.1 Å². The van der Waals surface area contributed by atoms with Crippen molar-refractivity contribution in [3.05, 3.63) is 0 Å². The molecule has 2 rings (SSSR count). The van der Waals surface area contributed by atoms with Crippen molar-refractivity contribution < 1.29 is 14.7 Å². The summed E-state index contributed by atoms with van der Waals surface area (Å²) in [6, 6.07) is 0.326. The van der Waals surface area contributed by atoms with Gasteiger partial charge in [0.2, 0.25) is 5.91 Å². The van der Waals surface area contributed by atoms with Gasteiger partial charge in [0, 0.05) is 19.0 Å². The number of rotatable bonds is 1. The van der Waals surface area contributed by atoms with Crippen LogP contribution in [0.25, 0.3) is 0 Å². The summed E-state index contributed by atoms with van der Waals surface area (Å²) < 4.78 is 0. The molecule has 2 heterocycles. The minimum atomic E-state index is -0.762. The molecule has 4 heteroatoms. The topological polar surface area (TPSA) is 57.6 Å². The van der Waals surface area contributed by atoms with E-state index in [1.807, 2.05) is 0 Å². The molecule has 2 atom stereocenters. The lowest BCUT2D eigenvalue weighted by atomic mass is 9.87. The van der Waals surface area contributed by atoms with E-state index >= 15 is 0 Å². The molecular formula is C10H15NO3. The van der Waals surface area contributed by atoms with Gasteiger partial charge in [-0.3, -0.25) is 9.59 Å². The number of carboxylic acid groups (broad SMARTS) is 1. The SMILES string of the molecule is O=C(O)[C@@H]1CC[C@H]2CCCC(=O)N2C1. The van der Waals surface area contributed by atoms with E-state index in [4.69, 9.17) is 5.11 Å². The third kappa shape index (κ3) is 1.61. The average molecular weight is 197 g/mol. The van der Waals surface area contributed by atoms with Crippen LogP contribution in [0.4, 0.5) is 0 Å². The largest absolute Gasteiger partial charge is 0.481 e. The molecule has 4 nitrogen and oxygen atoms in total. The summed E-state index contributed by atoms with van der Waals surface area (Å²) in [4.78, 5) is 24.1. The van der Waals surface area contributed by atoms with Crippen LogP contribution in [0.5, 0.6) is 0 Å². The molecule has 0 bridgehead atoms. The highest BCUT2D eigenvalue weighted by atomic mass is 16.4. The molecule has 2 aliphatic rings. The predicted octanol–water partition coefficient (Wildman–Crippen LogP) is 0.862. The second kappa shape index (κ2) is 3.59. The Morgan fingerprint density at radius 3 is 2.86 bits per heavy atom. The zero-order chi connectivity index (χ0) is 10.1. The monoisotopic (exact) mass is 197 g/mol. The quantitative estimate of drug-likeness (QED) is 0.678. The van der Waals surface area contributed by atoms with Crippen molar-refractivity contribution in [3.63, 3.8) is 0 Å². The number of aliphatic carboxylic acids is 1. The Bertz CT molecular complexity index is 264. The Morgan fingerprint density at radius 2 is 2.14 bits per heavy atom. The molecule has 2 fully saturated rings. The number of hydrogen-bond donors (Lipinski definition) is 1. The fourth-order valence-electron chi connectivity index (χ4n) is 2.47. The first-order chi connectivity index (χ1) is 6.68. The van der Waals surface area contributed by atoms with Crippen LogP contribution in [0.15, 0.2) is 0 Å². The maximum Gasteiger partial charge on any atom is 0.308 e. The molecule has 2 aliphatic heterocycles. The number of amides is 1. The molecule has 1 amide bonds. The van der Waals surface area contributed by atoms with Gasteiger partial charge < -0.3 is 10.0 Å². The van der Waals surface area contributed by atoms with Crippen LogP contribution in [-0.2, 0) is 9.59 Å². The highest BCUT2D eigenvalue weighted by Gasteiger charge is 2.36. The molecule has 0 aromatic rings. The van der Waals surface area contributed by atoms with E-state index in [9.17, 15) is 9.59 Å². The van der Waals surface area contributed by atoms with Crippen molar-refractivity contribution in [1.29, 1.82) is 0 Å². The standard InChI is InChI=1S/C10H15NO3/c12-9-3-1-2-8-5-4-7(10(13)14)6-11(8)9/h7-8H,1-6H2,(H,13,14)/t7-,8-/m1/s1. The van der Waals surface area contributed by atoms with Gasteiger partial charge in [-0.2, -0.15) is 0 Å². The third-order valence-electron chi connectivity index (χ3n) is 3.30. The Hall–Kier alpha value is -1.06. The highest BCUT2D eigenvalue weighted by molar-refractivity contribution is 5.79. The summed E-state index contributed by atoms with van der Waals surface area (Å²) in [6.07, 6.45) is 4.21. The summed E-state index contributed by atoms with van der Waals surface area (Å²) in [5.41, 5.74) is 0. The number of hydrogen-bond acceptors (Lipinski definition) is 2. The van der Waals surface area contributed by atoms with Crippen molar-refractivity contribution in [2.75, 3.05) is 6.54 Å². The molecule has 0 aromatic carbocycles. The van der Waals surface area contributed by atoms with Crippen LogP contribution in [0, 0.1) is 5.92 Å². The normalized spacial score (nSPS) is 32.6. The first-order valence-corrected chi connectivity index (χ1v) is 5.21. The molecule has 14 heavy (non-hydrogen) atoms. The Balaban J connectivity index is 2.05. The lowest BCUT2D eigenvalue weighted by Crippen LogP contribution is -2.50. The smallest absolute Gasteiger partial charge is 0.308 e. The molecule has 0 aliphatic carbocycles. The van der Waals surface area contributed by atoms with Crippen LogP contribution in [-0.4, -0.2) is 34.5 Å². The van der Waals surface area contributed by atoms with Gasteiger partial charge in [-0.05, 0) is 25.7 Å². The summed E-state index contributed by atoms with van der Waals surface area (Å²) >= 11 is 0. The fraction of sp³-hybridized carbons (Fsp3) is 0.800.